The molecule has 0 fully saturated rings. The van der Waals surface area contributed by atoms with Gasteiger partial charge in [0, 0.05) is 6.92 Å². The highest BCUT2D eigenvalue weighted by molar-refractivity contribution is 7.15. The van der Waals surface area contributed by atoms with Crippen LogP contribution in [0.15, 0.2) is 53.3 Å². The van der Waals surface area contributed by atoms with Crippen molar-refractivity contribution in [1.82, 2.24) is 14.6 Å². The third kappa shape index (κ3) is 4.27. The third-order valence-electron chi connectivity index (χ3n) is 3.93. The second kappa shape index (κ2) is 7.76. The Balaban J connectivity index is 1.59. The number of hydrogen-bond acceptors (Lipinski definition) is 6. The van der Waals surface area contributed by atoms with Gasteiger partial charge >= 0.3 is 5.97 Å². The highest BCUT2D eigenvalue weighted by Gasteiger charge is 2.09. The van der Waals surface area contributed by atoms with Gasteiger partial charge in [0.15, 0.2) is 5.82 Å². The number of carbonyl (C=O) groups is 1. The molecule has 4 rings (SSSR count). The molecule has 0 radical (unpaired) electrons. The fraction of sp³-hybridized carbons (Fsp3) is 0.0476. The van der Waals surface area contributed by atoms with Crippen molar-refractivity contribution < 1.29 is 13.9 Å². The molecule has 0 spiro atoms. The van der Waals surface area contributed by atoms with Gasteiger partial charge in [0.05, 0.1) is 4.53 Å². The maximum atomic E-state index is 12.9. The maximum Gasteiger partial charge on any atom is 0.308 e. The Labute approximate surface area is 168 Å². The number of nitrogens with zero attached hydrogens (tertiary/aromatic N) is 3. The molecule has 0 N–H and O–H groups in total. The largest absolute Gasteiger partial charge is 0.427 e. The summed E-state index contributed by atoms with van der Waals surface area (Å²) in [5.74, 6) is 0.147. The van der Waals surface area contributed by atoms with E-state index in [-0.39, 0.29) is 11.4 Å². The van der Waals surface area contributed by atoms with Crippen molar-refractivity contribution in [2.45, 2.75) is 6.92 Å². The fourth-order valence-corrected chi connectivity index (χ4v) is 3.53. The van der Waals surface area contributed by atoms with E-state index in [4.69, 9.17) is 4.74 Å². The summed E-state index contributed by atoms with van der Waals surface area (Å²) in [5, 5.41) is 4.22. The minimum absolute atomic E-state index is 0.261. The van der Waals surface area contributed by atoms with Crippen molar-refractivity contribution in [3.63, 3.8) is 0 Å². The van der Waals surface area contributed by atoms with E-state index in [0.717, 1.165) is 11.1 Å². The number of halogens is 1. The Kier molecular flexibility index (Phi) is 5.01. The Hall–Kier alpha value is -3.65. The highest BCUT2D eigenvalue weighted by Crippen LogP contribution is 2.13. The molecule has 8 heteroatoms. The molecule has 0 aliphatic carbocycles. The minimum Gasteiger partial charge on any atom is -0.427 e. The van der Waals surface area contributed by atoms with Crippen molar-refractivity contribution in [2.75, 3.05) is 0 Å². The van der Waals surface area contributed by atoms with E-state index >= 15 is 0 Å². The van der Waals surface area contributed by atoms with E-state index < -0.39 is 5.97 Å². The lowest BCUT2D eigenvalue weighted by atomic mass is 10.2. The Bertz CT molecular complexity index is 1320. The van der Waals surface area contributed by atoms with Crippen molar-refractivity contribution in [3.8, 4) is 5.75 Å². The molecular weight excluding hydrogens is 393 g/mol. The van der Waals surface area contributed by atoms with Crippen LogP contribution in [0.4, 0.5) is 4.39 Å². The van der Waals surface area contributed by atoms with Crippen LogP contribution in [0, 0.1) is 5.82 Å². The lowest BCUT2D eigenvalue weighted by molar-refractivity contribution is -0.131. The molecule has 144 valence electrons. The van der Waals surface area contributed by atoms with Crippen molar-refractivity contribution in [3.05, 3.63) is 86.2 Å². The van der Waals surface area contributed by atoms with Crippen LogP contribution in [0.3, 0.4) is 0 Å². The number of carbonyl (C=O) groups excluding carboxylic acids is 1. The van der Waals surface area contributed by atoms with E-state index in [1.807, 2.05) is 0 Å². The van der Waals surface area contributed by atoms with E-state index in [2.05, 4.69) is 10.1 Å². The Morgan fingerprint density at radius 3 is 2.41 bits per heavy atom. The van der Waals surface area contributed by atoms with Gasteiger partial charge in [-0.15, -0.1) is 5.10 Å². The summed E-state index contributed by atoms with van der Waals surface area (Å²) in [7, 11) is 0. The van der Waals surface area contributed by atoms with E-state index in [1.54, 1.807) is 54.6 Å². The fourth-order valence-electron chi connectivity index (χ4n) is 2.61. The molecule has 4 aromatic rings. The van der Waals surface area contributed by atoms with Gasteiger partial charge in [-0.1, -0.05) is 41.7 Å². The molecule has 0 saturated heterocycles. The van der Waals surface area contributed by atoms with Crippen LogP contribution >= 0.6 is 11.3 Å². The molecule has 6 nitrogen and oxygen atoms in total. The third-order valence-corrected chi connectivity index (χ3v) is 4.89. The SMILES string of the molecule is CC(=O)Oc1ccc(/C=c2/sc3nc(/C=C/c4ccc(F)cc4)nn3c2=O)cc1. The molecule has 2 aromatic heterocycles. The predicted octanol–water partition coefficient (Wildman–Crippen LogP) is 2.93. The van der Waals surface area contributed by atoms with E-state index in [9.17, 15) is 14.0 Å². The van der Waals surface area contributed by atoms with Crippen LogP contribution in [-0.2, 0) is 4.79 Å². The highest BCUT2D eigenvalue weighted by atomic mass is 32.1. The Morgan fingerprint density at radius 2 is 1.76 bits per heavy atom. The smallest absolute Gasteiger partial charge is 0.308 e. The number of aromatic nitrogens is 3. The molecule has 29 heavy (non-hydrogen) atoms. The van der Waals surface area contributed by atoms with Crippen LogP contribution in [0.2, 0.25) is 0 Å². The predicted molar refractivity (Wildman–Crippen MR) is 109 cm³/mol. The second-order valence-corrected chi connectivity index (χ2v) is 7.14. The van der Waals surface area contributed by atoms with Gasteiger partial charge in [-0.2, -0.15) is 9.50 Å². The number of hydrogen-bond donors (Lipinski definition) is 0. The summed E-state index contributed by atoms with van der Waals surface area (Å²) in [6.45, 7) is 1.33. The van der Waals surface area contributed by atoms with Gasteiger partial charge < -0.3 is 4.74 Å². The number of ether oxygens (including phenoxy) is 1. The van der Waals surface area contributed by atoms with Crippen molar-refractivity contribution in [2.24, 2.45) is 0 Å². The van der Waals surface area contributed by atoms with Crippen LogP contribution in [0.25, 0.3) is 23.2 Å². The van der Waals surface area contributed by atoms with E-state index in [0.29, 0.717) is 21.1 Å². The van der Waals surface area contributed by atoms with Gasteiger partial charge in [-0.25, -0.2) is 4.39 Å². The number of esters is 1. The Morgan fingerprint density at radius 1 is 1.07 bits per heavy atom. The molecule has 0 saturated carbocycles. The zero-order valence-corrected chi connectivity index (χ0v) is 16.0. The molecule has 2 heterocycles. The van der Waals surface area contributed by atoms with Crippen LogP contribution in [-0.4, -0.2) is 20.6 Å². The van der Waals surface area contributed by atoms with Gasteiger partial charge in [0.1, 0.15) is 11.6 Å². The average molecular weight is 407 g/mol. The number of rotatable bonds is 4. The van der Waals surface area contributed by atoms with Crippen molar-refractivity contribution >= 4 is 40.5 Å². The zero-order chi connectivity index (χ0) is 20.4. The summed E-state index contributed by atoms with van der Waals surface area (Å²) in [6, 6.07) is 12.9. The topological polar surface area (TPSA) is 73.6 Å². The molecule has 0 atom stereocenters. The molecule has 0 amide bonds. The first-order valence-corrected chi connectivity index (χ1v) is 9.43. The summed E-state index contributed by atoms with van der Waals surface area (Å²) < 4.78 is 19.7. The van der Waals surface area contributed by atoms with Crippen LogP contribution in [0.1, 0.15) is 23.9 Å². The van der Waals surface area contributed by atoms with Crippen LogP contribution < -0.4 is 14.8 Å². The monoisotopic (exact) mass is 407 g/mol. The lowest BCUT2D eigenvalue weighted by Crippen LogP contribution is -2.23. The van der Waals surface area contributed by atoms with Crippen molar-refractivity contribution in [1.29, 1.82) is 0 Å². The molecule has 0 aliphatic rings. The number of fused-ring (bicyclic) bond motifs is 1. The first-order valence-electron chi connectivity index (χ1n) is 8.61. The lowest BCUT2D eigenvalue weighted by Gasteiger charge is -2.00. The first kappa shape index (κ1) is 18.7. The molecule has 0 bridgehead atoms. The zero-order valence-electron chi connectivity index (χ0n) is 15.2. The van der Waals surface area contributed by atoms with Gasteiger partial charge in [0.2, 0.25) is 4.96 Å². The number of thiazole rings is 1. The minimum atomic E-state index is -0.390. The molecular formula is C21H14FN3O3S. The number of benzene rings is 2. The molecule has 0 unspecified atom stereocenters. The van der Waals surface area contributed by atoms with Gasteiger partial charge in [-0.3, -0.25) is 9.59 Å². The summed E-state index contributed by atoms with van der Waals surface area (Å²) in [5.41, 5.74) is 1.33. The quantitative estimate of drug-likeness (QED) is 0.384. The van der Waals surface area contributed by atoms with Gasteiger partial charge in [-0.05, 0) is 47.5 Å². The summed E-state index contributed by atoms with van der Waals surface area (Å²) in [6.07, 6.45) is 5.15. The normalized spacial score (nSPS) is 12.1. The maximum absolute atomic E-state index is 12.9. The first-order chi connectivity index (χ1) is 14.0. The summed E-state index contributed by atoms with van der Waals surface area (Å²) in [4.78, 5) is 28.4. The van der Waals surface area contributed by atoms with E-state index in [1.165, 1.54) is 34.9 Å². The molecule has 2 aromatic carbocycles. The van der Waals surface area contributed by atoms with Crippen LogP contribution in [0.5, 0.6) is 5.75 Å². The summed E-state index contributed by atoms with van der Waals surface area (Å²) >= 11 is 1.23. The average Bonchev–Trinajstić information content (AvgIpc) is 3.22. The van der Waals surface area contributed by atoms with Gasteiger partial charge in [0.25, 0.3) is 5.56 Å². The standard InChI is InChI=1S/C21H14FN3O3S/c1-13(26)28-17-9-4-15(5-10-17)12-18-20(27)25-21(29-18)23-19(24-25)11-6-14-2-7-16(22)8-3-14/h2-12H,1H3/b11-6+,18-12+. The molecule has 0 aliphatic heterocycles. The second-order valence-electron chi connectivity index (χ2n) is 6.13.